The summed E-state index contributed by atoms with van der Waals surface area (Å²) in [4.78, 5) is 15.6. The van der Waals surface area contributed by atoms with Crippen LogP contribution in [-0.2, 0) is 11.2 Å². The summed E-state index contributed by atoms with van der Waals surface area (Å²) in [5.74, 6) is 1.60. The number of carbonyl (C=O) groups excluding carboxylic acids is 1. The monoisotopic (exact) mass is 957 g/mol. The van der Waals surface area contributed by atoms with E-state index in [-0.39, 0.29) is 11.6 Å². The van der Waals surface area contributed by atoms with Gasteiger partial charge in [0.25, 0.3) is 0 Å². The smallest absolute Gasteiger partial charge is 0.311 e. The molecule has 3 atom stereocenters. The predicted octanol–water partition coefficient (Wildman–Crippen LogP) is 15.6. The van der Waals surface area contributed by atoms with E-state index in [4.69, 9.17) is 9.47 Å². The second kappa shape index (κ2) is 35.8. The zero-order valence-corrected chi connectivity index (χ0v) is 46.8. The van der Waals surface area contributed by atoms with E-state index in [9.17, 15) is 9.90 Å². The highest BCUT2D eigenvalue weighted by atomic mass is 16.5. The number of likely N-dealkylation sites (N-methyl/N-ethyl adjacent to an activating group) is 2. The highest BCUT2D eigenvalue weighted by Crippen LogP contribution is 2.45. The molecule has 69 heavy (non-hydrogen) atoms. The number of nitrogens with one attached hydrogen (secondary N) is 1. The van der Waals surface area contributed by atoms with E-state index < -0.39 is 6.23 Å². The second-order valence-electron chi connectivity index (χ2n) is 21.8. The van der Waals surface area contributed by atoms with Crippen LogP contribution in [0.3, 0.4) is 0 Å². The Labute approximate surface area is 425 Å². The van der Waals surface area contributed by atoms with Gasteiger partial charge in [0.15, 0.2) is 0 Å². The number of quaternary nitrogens is 1. The molecule has 392 valence electrons. The molecule has 0 fully saturated rings. The van der Waals surface area contributed by atoms with Crippen molar-refractivity contribution in [3.8, 4) is 11.5 Å². The normalized spacial score (nSPS) is 17.0. The van der Waals surface area contributed by atoms with Crippen LogP contribution in [0.1, 0.15) is 211 Å². The van der Waals surface area contributed by atoms with Crippen molar-refractivity contribution in [3.05, 3.63) is 93.7 Å². The van der Waals surface area contributed by atoms with Gasteiger partial charge in [-0.05, 0) is 228 Å². The topological polar surface area (TPSA) is 71.0 Å². The Kier molecular flexibility index (Phi) is 32.1. The van der Waals surface area contributed by atoms with Crippen molar-refractivity contribution in [1.82, 2.24) is 10.2 Å². The maximum Gasteiger partial charge on any atom is 0.311 e. The molecule has 0 spiro atoms. The zero-order valence-electron chi connectivity index (χ0n) is 46.8. The molecule has 2 N–H and O–H groups in total. The number of carbonyl (C=O) groups is 1. The summed E-state index contributed by atoms with van der Waals surface area (Å²) in [7, 11) is 6.70. The van der Waals surface area contributed by atoms with E-state index >= 15 is 0 Å². The van der Waals surface area contributed by atoms with Crippen LogP contribution in [0.5, 0.6) is 11.5 Å². The van der Waals surface area contributed by atoms with Crippen LogP contribution in [0.25, 0.3) is 0 Å². The highest BCUT2D eigenvalue weighted by Gasteiger charge is 2.34. The predicted molar refractivity (Wildman–Crippen MR) is 299 cm³/mol. The number of rotatable bonds is 38. The minimum atomic E-state index is -0.425. The summed E-state index contributed by atoms with van der Waals surface area (Å²) >= 11 is 0. The molecule has 2 rings (SSSR count). The van der Waals surface area contributed by atoms with Gasteiger partial charge in [-0.15, -0.1) is 0 Å². The first-order valence-corrected chi connectivity index (χ1v) is 27.8. The molecule has 7 nitrogen and oxygen atoms in total. The van der Waals surface area contributed by atoms with E-state index in [1.54, 1.807) is 0 Å². The Hall–Kier alpha value is -3.23. The molecule has 7 heteroatoms. The first-order chi connectivity index (χ1) is 33.0. The second-order valence-corrected chi connectivity index (χ2v) is 21.8. The molecule has 0 amide bonds. The fourth-order valence-corrected chi connectivity index (χ4v) is 9.33. The first kappa shape index (κ1) is 61.9. The van der Waals surface area contributed by atoms with Crippen LogP contribution < -0.4 is 14.8 Å². The molecule has 0 saturated carbocycles. The van der Waals surface area contributed by atoms with E-state index in [1.807, 2.05) is 0 Å². The van der Waals surface area contributed by atoms with Crippen LogP contribution in [0.4, 0.5) is 0 Å². The molecule has 1 aliphatic heterocycles. The molecular formula is C62H106N3O4+. The lowest BCUT2D eigenvalue weighted by Gasteiger charge is -2.38. The molecule has 1 heterocycles. The summed E-state index contributed by atoms with van der Waals surface area (Å²) in [6.45, 7) is 24.9. The van der Waals surface area contributed by atoms with Crippen molar-refractivity contribution in [3.63, 3.8) is 0 Å². The summed E-state index contributed by atoms with van der Waals surface area (Å²) in [5.41, 5.74) is 8.49. The number of ether oxygens (including phenoxy) is 2. The molecule has 0 bridgehead atoms. The standard InChI is InChI=1S/C62H106N3O4/c1-13-14-15-16-17-18-19-20-21-22-23-24-25-26-28-41-58(66)63-46-30-32-49-65(12,50-47-64(10)11)48-31-27-29-42-59(67)68-60-54(6)55(7)61-57(56(60)8)43-45-62(9,69-61)44-35-40-53(5)39-34-38-52(4)37-33-36-51(2)3/h17-18,20-21,23-24,36,38,40,58,63,66H,13-16,19,22,25-35,37,39,41-50H2,1-12H3/q+1/b18-17+,21-20+,24-23+,52-38+,53-40+. The van der Waals surface area contributed by atoms with Crippen LogP contribution in [0.2, 0.25) is 0 Å². The molecule has 1 aromatic carbocycles. The number of benzene rings is 1. The zero-order chi connectivity index (χ0) is 50.9. The van der Waals surface area contributed by atoms with E-state index in [1.165, 1.54) is 48.0 Å². The minimum absolute atomic E-state index is 0.134. The van der Waals surface area contributed by atoms with Gasteiger partial charge in [0.1, 0.15) is 23.3 Å². The molecule has 1 aromatic rings. The average Bonchev–Trinajstić information content (AvgIpc) is 3.30. The van der Waals surface area contributed by atoms with Crippen molar-refractivity contribution in [2.75, 3.05) is 53.9 Å². The van der Waals surface area contributed by atoms with E-state index in [2.05, 4.69) is 148 Å². The van der Waals surface area contributed by atoms with Crippen molar-refractivity contribution in [2.24, 2.45) is 0 Å². The number of unbranched alkanes of at least 4 members (excludes halogenated alkanes) is 8. The van der Waals surface area contributed by atoms with Gasteiger partial charge in [0, 0.05) is 18.5 Å². The third-order valence-corrected chi connectivity index (χ3v) is 14.4. The molecule has 0 aliphatic carbocycles. The number of nitrogens with zero attached hydrogens (tertiary/aromatic N) is 2. The lowest BCUT2D eigenvalue weighted by Crippen LogP contribution is -2.49. The fraction of sp³-hybridized carbons (Fsp3) is 0.694. The summed E-state index contributed by atoms with van der Waals surface area (Å²) in [6, 6.07) is 0. The first-order valence-electron chi connectivity index (χ1n) is 27.8. The van der Waals surface area contributed by atoms with Crippen molar-refractivity contribution < 1.29 is 23.9 Å². The fourth-order valence-electron chi connectivity index (χ4n) is 9.33. The summed E-state index contributed by atoms with van der Waals surface area (Å²) in [6.07, 6.45) is 45.5. The number of aliphatic hydroxyl groups is 1. The average molecular weight is 958 g/mol. The molecule has 0 radical (unpaired) electrons. The number of allylic oxidation sites excluding steroid dienone is 12. The van der Waals surface area contributed by atoms with Gasteiger partial charge in [0.05, 0.1) is 26.7 Å². The lowest BCUT2D eigenvalue weighted by molar-refractivity contribution is -0.909. The van der Waals surface area contributed by atoms with Crippen molar-refractivity contribution in [2.45, 2.75) is 228 Å². The third kappa shape index (κ3) is 27.8. The maximum absolute atomic E-state index is 13.3. The van der Waals surface area contributed by atoms with Crippen LogP contribution in [0.15, 0.2) is 71.4 Å². The van der Waals surface area contributed by atoms with Gasteiger partial charge in [-0.25, -0.2) is 0 Å². The van der Waals surface area contributed by atoms with Crippen molar-refractivity contribution in [1.29, 1.82) is 0 Å². The highest BCUT2D eigenvalue weighted by molar-refractivity contribution is 5.74. The number of fused-ring (bicyclic) bond motifs is 1. The van der Waals surface area contributed by atoms with E-state index in [0.29, 0.717) is 6.42 Å². The molecular weight excluding hydrogens is 851 g/mol. The van der Waals surface area contributed by atoms with Gasteiger partial charge in [-0.1, -0.05) is 91.2 Å². The van der Waals surface area contributed by atoms with Gasteiger partial charge in [-0.2, -0.15) is 0 Å². The number of hydrogen-bond donors (Lipinski definition) is 2. The molecule has 1 aliphatic rings. The van der Waals surface area contributed by atoms with Crippen molar-refractivity contribution >= 4 is 5.97 Å². The minimum Gasteiger partial charge on any atom is -0.487 e. The van der Waals surface area contributed by atoms with E-state index in [0.717, 1.165) is 187 Å². The largest absolute Gasteiger partial charge is 0.487 e. The SMILES string of the molecule is CCCCC/C=C/C/C=C/C/C=C/CCCCC(O)NCCCC[N+](C)(CCCCCC(=O)Oc1c(C)c(C)c2c(c1C)CCC(C)(CC/C=C(\C)CC/C=C(\C)CCC=C(C)C)O2)CCN(C)C. The number of aliphatic hydroxyl groups excluding tert-OH is 1. The summed E-state index contributed by atoms with van der Waals surface area (Å²) in [5, 5.41) is 13.9. The number of hydrogen-bond acceptors (Lipinski definition) is 6. The Morgan fingerprint density at radius 1 is 0.739 bits per heavy atom. The Bertz CT molecular complexity index is 1780. The van der Waals surface area contributed by atoms with Gasteiger partial charge >= 0.3 is 5.97 Å². The molecule has 0 aromatic heterocycles. The Morgan fingerprint density at radius 3 is 1.99 bits per heavy atom. The molecule has 0 saturated heterocycles. The quantitative estimate of drug-likeness (QED) is 0.0172. The van der Waals surface area contributed by atoms with Gasteiger partial charge < -0.3 is 24.0 Å². The Balaban J connectivity index is 1.72. The molecule has 3 unspecified atom stereocenters. The summed E-state index contributed by atoms with van der Waals surface area (Å²) < 4.78 is 14.1. The number of esters is 1. The lowest BCUT2D eigenvalue weighted by atomic mass is 9.85. The third-order valence-electron chi connectivity index (χ3n) is 14.4. The van der Waals surface area contributed by atoms with Crippen LogP contribution in [0, 0.1) is 20.8 Å². The van der Waals surface area contributed by atoms with Crippen LogP contribution >= 0.6 is 0 Å². The Morgan fingerprint density at radius 2 is 1.35 bits per heavy atom. The van der Waals surface area contributed by atoms with Gasteiger partial charge in [0.2, 0.25) is 0 Å². The maximum atomic E-state index is 13.3. The van der Waals surface area contributed by atoms with Gasteiger partial charge in [-0.3, -0.25) is 10.1 Å². The van der Waals surface area contributed by atoms with Crippen LogP contribution in [-0.4, -0.2) is 86.2 Å².